The van der Waals surface area contributed by atoms with Crippen molar-refractivity contribution < 1.29 is 14.3 Å². The Kier molecular flexibility index (Phi) is 11.2. The number of ether oxygens (including phenoxy) is 2. The molecule has 2 unspecified atom stereocenters. The van der Waals surface area contributed by atoms with Gasteiger partial charge in [0.2, 0.25) is 0 Å². The highest BCUT2D eigenvalue weighted by Gasteiger charge is 2.11. The maximum absolute atomic E-state index is 11.4. The largest absolute Gasteiger partial charge is 0.463 e. The van der Waals surface area contributed by atoms with Crippen LogP contribution in [0.3, 0.4) is 0 Å². The van der Waals surface area contributed by atoms with Crippen molar-refractivity contribution in [1.82, 2.24) is 0 Å². The molecule has 3 nitrogen and oxygen atoms in total. The SMILES string of the molecule is CCCCC(CC)COCCOC(=O)C(C)CC. The molecule has 0 aromatic carbocycles. The van der Waals surface area contributed by atoms with Crippen LogP contribution in [0.4, 0.5) is 0 Å². The van der Waals surface area contributed by atoms with E-state index in [1.54, 1.807) is 0 Å². The third-order valence-electron chi connectivity index (χ3n) is 3.38. The van der Waals surface area contributed by atoms with Crippen molar-refractivity contribution in [2.24, 2.45) is 11.8 Å². The highest BCUT2D eigenvalue weighted by atomic mass is 16.6. The van der Waals surface area contributed by atoms with Crippen molar-refractivity contribution in [1.29, 1.82) is 0 Å². The second kappa shape index (κ2) is 11.5. The summed E-state index contributed by atoms with van der Waals surface area (Å²) in [6, 6.07) is 0. The Morgan fingerprint density at radius 1 is 1.11 bits per heavy atom. The summed E-state index contributed by atoms with van der Waals surface area (Å²) < 4.78 is 10.7. The van der Waals surface area contributed by atoms with E-state index >= 15 is 0 Å². The van der Waals surface area contributed by atoms with E-state index in [0.717, 1.165) is 19.4 Å². The van der Waals surface area contributed by atoms with E-state index in [1.165, 1.54) is 19.3 Å². The highest BCUT2D eigenvalue weighted by molar-refractivity contribution is 5.71. The van der Waals surface area contributed by atoms with Gasteiger partial charge in [-0.3, -0.25) is 4.79 Å². The number of rotatable bonds is 11. The molecule has 0 aromatic heterocycles. The molecule has 2 atom stereocenters. The number of hydrogen-bond donors (Lipinski definition) is 0. The van der Waals surface area contributed by atoms with Crippen LogP contribution in [0.5, 0.6) is 0 Å². The minimum Gasteiger partial charge on any atom is -0.463 e. The van der Waals surface area contributed by atoms with Crippen LogP contribution in [0.15, 0.2) is 0 Å². The second-order valence-electron chi connectivity index (χ2n) is 4.97. The van der Waals surface area contributed by atoms with Gasteiger partial charge in [0.15, 0.2) is 0 Å². The van der Waals surface area contributed by atoms with E-state index in [0.29, 0.717) is 19.1 Å². The third kappa shape index (κ3) is 8.51. The molecule has 0 bridgehead atoms. The Hall–Kier alpha value is -0.570. The lowest BCUT2D eigenvalue weighted by Gasteiger charge is -2.15. The standard InChI is InChI=1S/C15H30O3/c1-5-8-9-14(7-3)12-17-10-11-18-15(16)13(4)6-2/h13-14H,5-12H2,1-4H3. The molecule has 108 valence electrons. The van der Waals surface area contributed by atoms with E-state index < -0.39 is 0 Å². The van der Waals surface area contributed by atoms with Gasteiger partial charge >= 0.3 is 5.97 Å². The molecule has 0 saturated carbocycles. The maximum Gasteiger partial charge on any atom is 0.308 e. The van der Waals surface area contributed by atoms with Crippen molar-refractivity contribution in [3.63, 3.8) is 0 Å². The first-order valence-corrected chi connectivity index (χ1v) is 7.39. The number of carbonyl (C=O) groups excluding carboxylic acids is 1. The molecule has 0 aliphatic heterocycles. The molecule has 0 amide bonds. The van der Waals surface area contributed by atoms with Gasteiger partial charge in [-0.05, 0) is 18.8 Å². The average molecular weight is 258 g/mol. The Bertz CT molecular complexity index is 204. The van der Waals surface area contributed by atoms with Crippen LogP contribution in [0.1, 0.15) is 59.8 Å². The maximum atomic E-state index is 11.4. The Morgan fingerprint density at radius 2 is 1.83 bits per heavy atom. The van der Waals surface area contributed by atoms with Crippen molar-refractivity contribution in [2.75, 3.05) is 19.8 Å². The van der Waals surface area contributed by atoms with Crippen LogP contribution >= 0.6 is 0 Å². The van der Waals surface area contributed by atoms with Gasteiger partial charge in [-0.25, -0.2) is 0 Å². The zero-order valence-corrected chi connectivity index (χ0v) is 12.5. The number of unbranched alkanes of at least 4 members (excludes halogenated alkanes) is 1. The molecule has 0 N–H and O–H groups in total. The van der Waals surface area contributed by atoms with Crippen LogP contribution in [-0.2, 0) is 14.3 Å². The van der Waals surface area contributed by atoms with Gasteiger partial charge < -0.3 is 9.47 Å². The lowest BCUT2D eigenvalue weighted by atomic mass is 10.0. The fourth-order valence-corrected chi connectivity index (χ4v) is 1.66. The second-order valence-corrected chi connectivity index (χ2v) is 4.97. The molecular weight excluding hydrogens is 228 g/mol. The summed E-state index contributed by atoms with van der Waals surface area (Å²) in [4.78, 5) is 11.4. The zero-order valence-electron chi connectivity index (χ0n) is 12.5. The monoisotopic (exact) mass is 258 g/mol. The summed E-state index contributed by atoms with van der Waals surface area (Å²) in [5.74, 6) is 0.535. The first kappa shape index (κ1) is 17.4. The van der Waals surface area contributed by atoms with E-state index in [2.05, 4.69) is 13.8 Å². The van der Waals surface area contributed by atoms with Crippen molar-refractivity contribution >= 4 is 5.97 Å². The summed E-state index contributed by atoms with van der Waals surface area (Å²) in [6.45, 7) is 9.98. The van der Waals surface area contributed by atoms with Crippen LogP contribution in [-0.4, -0.2) is 25.8 Å². The zero-order chi connectivity index (χ0) is 13.8. The lowest BCUT2D eigenvalue weighted by molar-refractivity contribution is -0.149. The first-order chi connectivity index (χ1) is 8.65. The van der Waals surface area contributed by atoms with Crippen LogP contribution in [0.25, 0.3) is 0 Å². The summed E-state index contributed by atoms with van der Waals surface area (Å²) in [5, 5.41) is 0. The molecule has 3 heteroatoms. The average Bonchev–Trinajstić information content (AvgIpc) is 2.40. The summed E-state index contributed by atoms with van der Waals surface area (Å²) in [6.07, 6.45) is 5.73. The van der Waals surface area contributed by atoms with Crippen molar-refractivity contribution in [3.05, 3.63) is 0 Å². The highest BCUT2D eigenvalue weighted by Crippen LogP contribution is 2.12. The molecule has 0 fully saturated rings. The van der Waals surface area contributed by atoms with Gasteiger partial charge in [0.05, 0.1) is 12.5 Å². The summed E-state index contributed by atoms with van der Waals surface area (Å²) in [7, 11) is 0. The van der Waals surface area contributed by atoms with E-state index in [-0.39, 0.29) is 11.9 Å². The quantitative estimate of drug-likeness (QED) is 0.417. The van der Waals surface area contributed by atoms with E-state index in [9.17, 15) is 4.79 Å². The molecule has 0 spiro atoms. The Labute approximate surface area is 112 Å². The fourth-order valence-electron chi connectivity index (χ4n) is 1.66. The van der Waals surface area contributed by atoms with Gasteiger partial charge in [-0.1, -0.05) is 47.0 Å². The first-order valence-electron chi connectivity index (χ1n) is 7.39. The van der Waals surface area contributed by atoms with Gasteiger partial charge in [0.1, 0.15) is 6.61 Å². The number of hydrogen-bond acceptors (Lipinski definition) is 3. The van der Waals surface area contributed by atoms with E-state index in [4.69, 9.17) is 9.47 Å². The summed E-state index contributed by atoms with van der Waals surface area (Å²) >= 11 is 0. The molecule has 0 aliphatic carbocycles. The van der Waals surface area contributed by atoms with Crippen LogP contribution in [0, 0.1) is 11.8 Å². The van der Waals surface area contributed by atoms with E-state index in [1.807, 2.05) is 13.8 Å². The fraction of sp³-hybridized carbons (Fsp3) is 0.933. The van der Waals surface area contributed by atoms with Crippen molar-refractivity contribution in [3.8, 4) is 0 Å². The van der Waals surface area contributed by atoms with Crippen LogP contribution < -0.4 is 0 Å². The normalized spacial score (nSPS) is 14.2. The topological polar surface area (TPSA) is 35.5 Å². The Morgan fingerprint density at radius 3 is 2.39 bits per heavy atom. The number of carbonyl (C=O) groups is 1. The predicted molar refractivity (Wildman–Crippen MR) is 74.5 cm³/mol. The minimum absolute atomic E-state index is 0.00190. The van der Waals surface area contributed by atoms with Gasteiger partial charge in [0, 0.05) is 6.61 Å². The van der Waals surface area contributed by atoms with Crippen molar-refractivity contribution in [2.45, 2.75) is 59.8 Å². The molecule has 0 aliphatic rings. The molecule has 0 rings (SSSR count). The molecule has 0 aromatic rings. The van der Waals surface area contributed by atoms with Crippen LogP contribution in [0.2, 0.25) is 0 Å². The minimum atomic E-state index is -0.112. The van der Waals surface area contributed by atoms with Gasteiger partial charge in [-0.2, -0.15) is 0 Å². The van der Waals surface area contributed by atoms with Gasteiger partial charge in [-0.15, -0.1) is 0 Å². The molecule has 0 radical (unpaired) electrons. The Balaban J connectivity index is 3.51. The predicted octanol–water partition coefficient (Wildman–Crippen LogP) is 3.81. The molecule has 0 heterocycles. The lowest BCUT2D eigenvalue weighted by Crippen LogP contribution is -2.18. The molecule has 18 heavy (non-hydrogen) atoms. The van der Waals surface area contributed by atoms with Gasteiger partial charge in [0.25, 0.3) is 0 Å². The smallest absolute Gasteiger partial charge is 0.308 e. The molecule has 0 saturated heterocycles. The number of esters is 1. The third-order valence-corrected chi connectivity index (χ3v) is 3.38. The summed E-state index contributed by atoms with van der Waals surface area (Å²) in [5.41, 5.74) is 0. The molecular formula is C15H30O3.